The lowest BCUT2D eigenvalue weighted by Crippen LogP contribution is -2.19. The topological polar surface area (TPSA) is 17.1 Å². The zero-order valence-electron chi connectivity index (χ0n) is 9.69. The Labute approximate surface area is 100 Å². The van der Waals surface area contributed by atoms with E-state index >= 15 is 0 Å². The standard InChI is InChI=1S/C14H16OS/c1-3-14(2,10-15)8-13-12-7-5-4-6-11(12)9-16-13/h4-7,9-10H,3,8H2,1-2H3. The van der Waals surface area contributed by atoms with Crippen molar-refractivity contribution in [3.63, 3.8) is 0 Å². The van der Waals surface area contributed by atoms with Gasteiger partial charge in [-0.25, -0.2) is 0 Å². The molecule has 0 amide bonds. The van der Waals surface area contributed by atoms with Gasteiger partial charge in [0.15, 0.2) is 0 Å². The maximum absolute atomic E-state index is 11.1. The molecule has 0 spiro atoms. The maximum atomic E-state index is 11.1. The normalized spacial score (nSPS) is 14.9. The highest BCUT2D eigenvalue weighted by molar-refractivity contribution is 7.11. The summed E-state index contributed by atoms with van der Waals surface area (Å²) in [6, 6.07) is 8.38. The highest BCUT2D eigenvalue weighted by atomic mass is 32.1. The fourth-order valence-electron chi connectivity index (χ4n) is 1.81. The van der Waals surface area contributed by atoms with Crippen LogP contribution in [-0.2, 0) is 11.2 Å². The number of rotatable bonds is 4. The number of hydrogen-bond donors (Lipinski definition) is 0. The van der Waals surface area contributed by atoms with E-state index < -0.39 is 0 Å². The number of fused-ring (bicyclic) bond motifs is 1. The average molecular weight is 232 g/mol. The van der Waals surface area contributed by atoms with Gasteiger partial charge < -0.3 is 4.79 Å². The van der Waals surface area contributed by atoms with Crippen molar-refractivity contribution in [2.45, 2.75) is 26.7 Å². The van der Waals surface area contributed by atoms with Gasteiger partial charge >= 0.3 is 0 Å². The SMILES string of the molecule is CCC(C)(C=O)Cc1scc2ccccc12. The minimum absolute atomic E-state index is 0.215. The molecule has 1 aromatic carbocycles. The van der Waals surface area contributed by atoms with E-state index in [1.165, 1.54) is 15.6 Å². The molecule has 0 aliphatic heterocycles. The Morgan fingerprint density at radius 2 is 2.12 bits per heavy atom. The Morgan fingerprint density at radius 1 is 1.38 bits per heavy atom. The van der Waals surface area contributed by atoms with Crippen LogP contribution in [0.3, 0.4) is 0 Å². The maximum Gasteiger partial charge on any atom is 0.126 e. The van der Waals surface area contributed by atoms with Crippen molar-refractivity contribution in [3.05, 3.63) is 34.5 Å². The number of aldehydes is 1. The monoisotopic (exact) mass is 232 g/mol. The lowest BCUT2D eigenvalue weighted by Gasteiger charge is -2.19. The molecule has 2 aromatic rings. The summed E-state index contributed by atoms with van der Waals surface area (Å²) in [5.41, 5.74) is -0.215. The molecule has 1 heterocycles. The van der Waals surface area contributed by atoms with Gasteiger partial charge in [0.25, 0.3) is 0 Å². The minimum Gasteiger partial charge on any atom is -0.303 e. The van der Waals surface area contributed by atoms with Crippen LogP contribution in [0.25, 0.3) is 10.8 Å². The van der Waals surface area contributed by atoms with E-state index in [2.05, 4.69) is 36.6 Å². The van der Waals surface area contributed by atoms with Gasteiger partial charge in [0.2, 0.25) is 0 Å². The summed E-state index contributed by atoms with van der Waals surface area (Å²) in [5, 5.41) is 4.76. The molecule has 1 unspecified atom stereocenters. The molecule has 84 valence electrons. The van der Waals surface area contributed by atoms with Crippen LogP contribution in [0.2, 0.25) is 0 Å². The van der Waals surface area contributed by atoms with Gasteiger partial charge in [0.05, 0.1) is 0 Å². The molecule has 2 rings (SSSR count). The van der Waals surface area contributed by atoms with Crippen LogP contribution >= 0.6 is 11.3 Å². The zero-order valence-corrected chi connectivity index (χ0v) is 10.5. The summed E-state index contributed by atoms with van der Waals surface area (Å²) in [7, 11) is 0. The van der Waals surface area contributed by atoms with Crippen LogP contribution < -0.4 is 0 Å². The first kappa shape index (κ1) is 11.3. The molecule has 0 bridgehead atoms. The van der Waals surface area contributed by atoms with Crippen molar-refractivity contribution in [1.82, 2.24) is 0 Å². The predicted octanol–water partition coefficient (Wildman–Crippen LogP) is 4.06. The van der Waals surface area contributed by atoms with E-state index in [0.29, 0.717) is 0 Å². The van der Waals surface area contributed by atoms with E-state index in [0.717, 1.165) is 19.1 Å². The predicted molar refractivity (Wildman–Crippen MR) is 70.0 cm³/mol. The third-order valence-electron chi connectivity index (χ3n) is 3.25. The summed E-state index contributed by atoms with van der Waals surface area (Å²) < 4.78 is 0. The molecule has 2 heteroatoms. The van der Waals surface area contributed by atoms with Gasteiger partial charge in [-0.2, -0.15) is 0 Å². The highest BCUT2D eigenvalue weighted by Gasteiger charge is 2.23. The molecule has 1 atom stereocenters. The molecule has 0 N–H and O–H groups in total. The smallest absolute Gasteiger partial charge is 0.126 e. The second kappa shape index (κ2) is 4.38. The molecule has 0 fully saturated rings. The van der Waals surface area contributed by atoms with E-state index in [1.54, 1.807) is 11.3 Å². The van der Waals surface area contributed by atoms with Gasteiger partial charge in [-0.15, -0.1) is 11.3 Å². The Kier molecular flexibility index (Phi) is 3.10. The molecule has 0 radical (unpaired) electrons. The summed E-state index contributed by atoms with van der Waals surface area (Å²) in [6.07, 6.45) is 2.84. The van der Waals surface area contributed by atoms with Gasteiger partial charge in [-0.05, 0) is 29.0 Å². The van der Waals surface area contributed by atoms with Crippen LogP contribution in [0.15, 0.2) is 29.6 Å². The molecular weight excluding hydrogens is 216 g/mol. The number of carbonyl (C=O) groups excluding carboxylic acids is 1. The minimum atomic E-state index is -0.215. The van der Waals surface area contributed by atoms with Crippen LogP contribution in [0.4, 0.5) is 0 Å². The lowest BCUT2D eigenvalue weighted by atomic mass is 9.84. The third kappa shape index (κ3) is 2.03. The number of carbonyl (C=O) groups is 1. The highest BCUT2D eigenvalue weighted by Crippen LogP contribution is 2.32. The lowest BCUT2D eigenvalue weighted by molar-refractivity contribution is -0.115. The second-order valence-corrected chi connectivity index (χ2v) is 5.51. The van der Waals surface area contributed by atoms with Gasteiger partial charge in [0.1, 0.15) is 6.29 Å². The Hall–Kier alpha value is -1.15. The van der Waals surface area contributed by atoms with Crippen molar-refractivity contribution in [2.24, 2.45) is 5.41 Å². The zero-order chi connectivity index (χ0) is 11.6. The van der Waals surface area contributed by atoms with Crippen LogP contribution in [0, 0.1) is 5.41 Å². The van der Waals surface area contributed by atoms with Crippen molar-refractivity contribution in [2.75, 3.05) is 0 Å². The Morgan fingerprint density at radius 3 is 2.81 bits per heavy atom. The second-order valence-electron chi connectivity index (χ2n) is 4.55. The molecule has 1 nitrogen and oxygen atoms in total. The largest absolute Gasteiger partial charge is 0.303 e. The van der Waals surface area contributed by atoms with Crippen molar-refractivity contribution in [3.8, 4) is 0 Å². The Bertz CT molecular complexity index is 500. The van der Waals surface area contributed by atoms with E-state index in [4.69, 9.17) is 0 Å². The third-order valence-corrected chi connectivity index (χ3v) is 4.27. The van der Waals surface area contributed by atoms with Gasteiger partial charge in [-0.1, -0.05) is 38.1 Å². The van der Waals surface area contributed by atoms with E-state index in [9.17, 15) is 4.79 Å². The number of hydrogen-bond acceptors (Lipinski definition) is 2. The summed E-state index contributed by atoms with van der Waals surface area (Å²) in [6.45, 7) is 4.11. The van der Waals surface area contributed by atoms with Crippen LogP contribution in [-0.4, -0.2) is 6.29 Å². The van der Waals surface area contributed by atoms with Crippen LogP contribution in [0.5, 0.6) is 0 Å². The molecule has 0 aliphatic rings. The fraction of sp³-hybridized carbons (Fsp3) is 0.357. The van der Waals surface area contributed by atoms with Gasteiger partial charge in [-0.3, -0.25) is 0 Å². The molecule has 0 saturated heterocycles. The fourth-order valence-corrected chi connectivity index (χ4v) is 3.01. The van der Waals surface area contributed by atoms with Crippen molar-refractivity contribution >= 4 is 28.4 Å². The van der Waals surface area contributed by atoms with E-state index in [-0.39, 0.29) is 5.41 Å². The van der Waals surface area contributed by atoms with E-state index in [1.807, 2.05) is 6.92 Å². The summed E-state index contributed by atoms with van der Waals surface area (Å²) in [4.78, 5) is 12.5. The average Bonchev–Trinajstić information content (AvgIpc) is 2.73. The molecule has 0 saturated carbocycles. The number of thiophene rings is 1. The van der Waals surface area contributed by atoms with Gasteiger partial charge in [0, 0.05) is 10.3 Å². The quantitative estimate of drug-likeness (QED) is 0.726. The van der Waals surface area contributed by atoms with Crippen LogP contribution in [0.1, 0.15) is 25.1 Å². The molecule has 16 heavy (non-hydrogen) atoms. The summed E-state index contributed by atoms with van der Waals surface area (Å²) in [5.74, 6) is 0. The first-order valence-corrected chi connectivity index (χ1v) is 6.48. The first-order valence-electron chi connectivity index (χ1n) is 5.60. The number of benzene rings is 1. The molecular formula is C14H16OS. The summed E-state index contributed by atoms with van der Waals surface area (Å²) >= 11 is 1.76. The first-order chi connectivity index (χ1) is 7.68. The van der Waals surface area contributed by atoms with Crippen molar-refractivity contribution < 1.29 is 4.79 Å². The molecule has 1 aromatic heterocycles. The Balaban J connectivity index is 2.38. The van der Waals surface area contributed by atoms with Crippen molar-refractivity contribution in [1.29, 1.82) is 0 Å². The molecule has 0 aliphatic carbocycles.